The molecule has 2 heterocycles. The van der Waals surface area contributed by atoms with Gasteiger partial charge in [-0.1, -0.05) is 0 Å². The predicted octanol–water partition coefficient (Wildman–Crippen LogP) is 2.15. The number of halogens is 1. The molecule has 3 nitrogen and oxygen atoms in total. The summed E-state index contributed by atoms with van der Waals surface area (Å²) >= 11 is 0. The number of alkyl halides is 1. The Kier molecular flexibility index (Phi) is 3.43. The Bertz CT molecular complexity index is 292. The molecule has 0 spiro atoms. The van der Waals surface area contributed by atoms with E-state index in [1.165, 1.54) is 12.8 Å². The average molecular weight is 243 g/mol. The maximum absolute atomic E-state index is 12.7. The summed E-state index contributed by atoms with van der Waals surface area (Å²) in [5.41, 5.74) is -0.998. The standard InChI is InChI=1S/C13H22FNO2/c1-13(2,8-14)12(16)17-11-6-9-4-5-10(7-11)15(9)3/h9-11H,4-8H2,1-3H3. The van der Waals surface area contributed by atoms with Crippen molar-refractivity contribution in [1.29, 1.82) is 0 Å². The van der Waals surface area contributed by atoms with Crippen LogP contribution in [0.2, 0.25) is 0 Å². The van der Waals surface area contributed by atoms with Crippen molar-refractivity contribution in [3.05, 3.63) is 0 Å². The highest BCUT2D eigenvalue weighted by atomic mass is 19.1. The van der Waals surface area contributed by atoms with Gasteiger partial charge in [-0.05, 0) is 46.6 Å². The van der Waals surface area contributed by atoms with Crippen LogP contribution < -0.4 is 0 Å². The van der Waals surface area contributed by atoms with Gasteiger partial charge in [0.2, 0.25) is 0 Å². The second-order valence-electron chi connectivity index (χ2n) is 6.07. The van der Waals surface area contributed by atoms with E-state index in [2.05, 4.69) is 11.9 Å². The molecule has 0 aliphatic carbocycles. The molecule has 0 amide bonds. The van der Waals surface area contributed by atoms with E-state index in [-0.39, 0.29) is 6.10 Å². The normalized spacial score (nSPS) is 33.8. The van der Waals surface area contributed by atoms with Gasteiger partial charge >= 0.3 is 5.97 Å². The topological polar surface area (TPSA) is 29.5 Å². The molecule has 2 atom stereocenters. The van der Waals surface area contributed by atoms with E-state index in [1.54, 1.807) is 13.8 Å². The number of carbonyl (C=O) groups is 1. The minimum Gasteiger partial charge on any atom is -0.462 e. The van der Waals surface area contributed by atoms with Gasteiger partial charge in [-0.2, -0.15) is 0 Å². The van der Waals surface area contributed by atoms with Gasteiger partial charge in [0.1, 0.15) is 12.8 Å². The van der Waals surface area contributed by atoms with Crippen LogP contribution in [0.1, 0.15) is 39.5 Å². The summed E-state index contributed by atoms with van der Waals surface area (Å²) in [7, 11) is 2.14. The number of nitrogens with zero attached hydrogens (tertiary/aromatic N) is 1. The van der Waals surface area contributed by atoms with Gasteiger partial charge in [-0.3, -0.25) is 4.79 Å². The number of hydrogen-bond donors (Lipinski definition) is 0. The van der Waals surface area contributed by atoms with Crippen LogP contribution in [-0.4, -0.2) is 42.8 Å². The summed E-state index contributed by atoms with van der Waals surface area (Å²) in [6.45, 7) is 2.53. The Morgan fingerprint density at radius 3 is 2.35 bits per heavy atom. The van der Waals surface area contributed by atoms with Crippen molar-refractivity contribution in [1.82, 2.24) is 4.90 Å². The highest BCUT2D eigenvalue weighted by Crippen LogP contribution is 2.36. The minimum absolute atomic E-state index is 0.0120. The molecule has 4 heteroatoms. The lowest BCUT2D eigenvalue weighted by Gasteiger charge is -2.36. The summed E-state index contributed by atoms with van der Waals surface area (Å²) < 4.78 is 18.2. The molecule has 0 radical (unpaired) electrons. The van der Waals surface area contributed by atoms with Crippen LogP contribution in [0.4, 0.5) is 4.39 Å². The molecular formula is C13H22FNO2. The number of rotatable bonds is 3. The van der Waals surface area contributed by atoms with E-state index in [4.69, 9.17) is 4.74 Å². The third-order valence-corrected chi connectivity index (χ3v) is 4.22. The number of piperidine rings is 1. The fraction of sp³-hybridized carbons (Fsp3) is 0.923. The molecule has 2 aliphatic rings. The zero-order valence-electron chi connectivity index (χ0n) is 10.9. The third kappa shape index (κ3) is 2.46. The lowest BCUT2D eigenvalue weighted by atomic mass is 9.95. The summed E-state index contributed by atoms with van der Waals surface area (Å²) in [6, 6.07) is 1.08. The van der Waals surface area contributed by atoms with Crippen LogP contribution in [-0.2, 0) is 9.53 Å². The second-order valence-corrected chi connectivity index (χ2v) is 6.07. The molecule has 2 fully saturated rings. The third-order valence-electron chi connectivity index (χ3n) is 4.22. The average Bonchev–Trinajstić information content (AvgIpc) is 2.53. The van der Waals surface area contributed by atoms with E-state index >= 15 is 0 Å². The molecule has 0 saturated carbocycles. The van der Waals surface area contributed by atoms with E-state index in [1.807, 2.05) is 0 Å². The second kappa shape index (κ2) is 4.56. The fourth-order valence-electron chi connectivity index (χ4n) is 2.82. The highest BCUT2D eigenvalue weighted by Gasteiger charge is 2.41. The molecule has 2 saturated heterocycles. The highest BCUT2D eigenvalue weighted by molar-refractivity contribution is 5.76. The summed E-state index contributed by atoms with van der Waals surface area (Å²) in [4.78, 5) is 14.2. The smallest absolute Gasteiger partial charge is 0.314 e. The van der Waals surface area contributed by atoms with Gasteiger partial charge in [-0.25, -0.2) is 4.39 Å². The molecule has 0 aromatic heterocycles. The lowest BCUT2D eigenvalue weighted by molar-refractivity contribution is -0.163. The maximum Gasteiger partial charge on any atom is 0.314 e. The number of esters is 1. The Hall–Kier alpha value is -0.640. The first-order valence-corrected chi connectivity index (χ1v) is 6.43. The van der Waals surface area contributed by atoms with Crippen LogP contribution in [0.25, 0.3) is 0 Å². The molecule has 0 aromatic carbocycles. The molecule has 0 N–H and O–H groups in total. The first-order valence-electron chi connectivity index (χ1n) is 6.43. The van der Waals surface area contributed by atoms with Crippen LogP contribution >= 0.6 is 0 Å². The largest absolute Gasteiger partial charge is 0.462 e. The Morgan fingerprint density at radius 2 is 1.88 bits per heavy atom. The number of hydrogen-bond acceptors (Lipinski definition) is 3. The van der Waals surface area contributed by atoms with Gasteiger partial charge < -0.3 is 9.64 Å². The van der Waals surface area contributed by atoms with E-state index < -0.39 is 18.1 Å². The van der Waals surface area contributed by atoms with Crippen LogP contribution in [0, 0.1) is 5.41 Å². The summed E-state index contributed by atoms with van der Waals surface area (Å²) in [6.07, 6.45) is 4.19. The zero-order valence-corrected chi connectivity index (χ0v) is 10.9. The Labute approximate surface area is 102 Å². The molecule has 0 aromatic rings. The molecule has 17 heavy (non-hydrogen) atoms. The van der Waals surface area contributed by atoms with Gasteiger partial charge in [0, 0.05) is 12.1 Å². The first-order chi connectivity index (χ1) is 7.94. The zero-order chi connectivity index (χ0) is 12.6. The van der Waals surface area contributed by atoms with Crippen molar-refractivity contribution < 1.29 is 13.9 Å². The predicted molar refractivity (Wildman–Crippen MR) is 63.4 cm³/mol. The number of fused-ring (bicyclic) bond motifs is 2. The quantitative estimate of drug-likeness (QED) is 0.711. The van der Waals surface area contributed by atoms with Crippen LogP contribution in [0.15, 0.2) is 0 Å². The minimum atomic E-state index is -0.998. The summed E-state index contributed by atoms with van der Waals surface area (Å²) in [5, 5.41) is 0. The molecule has 98 valence electrons. The summed E-state index contributed by atoms with van der Waals surface area (Å²) in [5.74, 6) is -0.394. The molecular weight excluding hydrogens is 221 g/mol. The van der Waals surface area contributed by atoms with E-state index in [0.717, 1.165) is 12.8 Å². The first kappa shape index (κ1) is 12.8. The number of carbonyl (C=O) groups excluding carboxylic acids is 1. The Morgan fingerprint density at radius 1 is 1.35 bits per heavy atom. The lowest BCUT2D eigenvalue weighted by Crippen LogP contribution is -2.44. The maximum atomic E-state index is 12.7. The van der Waals surface area contributed by atoms with E-state index in [0.29, 0.717) is 12.1 Å². The van der Waals surface area contributed by atoms with Crippen molar-refractivity contribution in [2.75, 3.05) is 13.7 Å². The van der Waals surface area contributed by atoms with Crippen molar-refractivity contribution in [2.45, 2.75) is 57.7 Å². The fourth-order valence-corrected chi connectivity index (χ4v) is 2.82. The van der Waals surface area contributed by atoms with Gasteiger partial charge in [-0.15, -0.1) is 0 Å². The van der Waals surface area contributed by atoms with Crippen molar-refractivity contribution in [3.63, 3.8) is 0 Å². The van der Waals surface area contributed by atoms with Crippen LogP contribution in [0.3, 0.4) is 0 Å². The molecule has 2 bridgehead atoms. The molecule has 2 aliphatic heterocycles. The van der Waals surface area contributed by atoms with Gasteiger partial charge in [0.25, 0.3) is 0 Å². The van der Waals surface area contributed by atoms with Crippen molar-refractivity contribution >= 4 is 5.97 Å². The van der Waals surface area contributed by atoms with Crippen LogP contribution in [0.5, 0.6) is 0 Å². The van der Waals surface area contributed by atoms with Gasteiger partial charge in [0.15, 0.2) is 0 Å². The Balaban J connectivity index is 1.92. The van der Waals surface area contributed by atoms with Gasteiger partial charge in [0.05, 0.1) is 5.41 Å². The molecule has 2 rings (SSSR count). The van der Waals surface area contributed by atoms with E-state index in [9.17, 15) is 9.18 Å². The molecule has 2 unspecified atom stereocenters. The SMILES string of the molecule is CN1C2CCC1CC(OC(=O)C(C)(C)CF)C2. The monoisotopic (exact) mass is 243 g/mol. The number of ether oxygens (including phenoxy) is 1. The van der Waals surface area contributed by atoms with Crippen molar-refractivity contribution in [2.24, 2.45) is 5.41 Å². The van der Waals surface area contributed by atoms with Crippen molar-refractivity contribution in [3.8, 4) is 0 Å².